The number of nitrogens with two attached hydrogens (primary N) is 2. The number of carbonyl (C=O) groups excluding carboxylic acids is 4. The predicted octanol–water partition coefficient (Wildman–Crippen LogP) is 0.422. The summed E-state index contributed by atoms with van der Waals surface area (Å²) in [7, 11) is 0. The van der Waals surface area contributed by atoms with Crippen LogP contribution in [-0.2, 0) is 31.9 Å². The molecule has 0 aliphatic rings. The number of hydrogen-bond donors (Lipinski definition) is 5. The summed E-state index contributed by atoms with van der Waals surface area (Å²) in [6.07, 6.45) is 0.954. The number of aliphatic hydroxyl groups is 1. The standard InChI is InChI=1S/C28H32N6O7/c1-17(27(38)40-14-12-18-8-4-2-5-9-18)31-25(36)21-23(29)34-22(24(30)33-21)26(37)32-20(16-35)28(39)41-15-13-19-10-6-3-7-11-19/h2-11,17,20,35H,12-16H2,1H3,(H2,29,34)(H2,30,33)(H,31,36)(H,32,37). The molecule has 0 bridgehead atoms. The van der Waals surface area contributed by atoms with Crippen molar-refractivity contribution in [2.45, 2.75) is 31.8 Å². The molecule has 0 spiro atoms. The highest BCUT2D eigenvalue weighted by molar-refractivity contribution is 6.02. The van der Waals surface area contributed by atoms with E-state index < -0.39 is 65.5 Å². The van der Waals surface area contributed by atoms with Gasteiger partial charge in [0.1, 0.15) is 6.04 Å². The first kappa shape index (κ1) is 30.5. The van der Waals surface area contributed by atoms with Crippen LogP contribution in [0.25, 0.3) is 0 Å². The van der Waals surface area contributed by atoms with Crippen molar-refractivity contribution in [3.8, 4) is 0 Å². The van der Waals surface area contributed by atoms with Crippen LogP contribution in [0.2, 0.25) is 0 Å². The van der Waals surface area contributed by atoms with E-state index in [9.17, 15) is 24.3 Å². The van der Waals surface area contributed by atoms with Gasteiger partial charge in [0.05, 0.1) is 19.8 Å². The molecule has 1 aromatic heterocycles. The van der Waals surface area contributed by atoms with Gasteiger partial charge in [-0.25, -0.2) is 19.6 Å². The first-order chi connectivity index (χ1) is 19.7. The third-order valence-electron chi connectivity index (χ3n) is 5.81. The Morgan fingerprint density at radius 2 is 1.20 bits per heavy atom. The summed E-state index contributed by atoms with van der Waals surface area (Å²) < 4.78 is 10.4. The van der Waals surface area contributed by atoms with Crippen molar-refractivity contribution in [1.29, 1.82) is 0 Å². The van der Waals surface area contributed by atoms with Gasteiger partial charge >= 0.3 is 11.9 Å². The van der Waals surface area contributed by atoms with Crippen molar-refractivity contribution in [2.75, 3.05) is 31.3 Å². The van der Waals surface area contributed by atoms with E-state index in [0.717, 1.165) is 11.1 Å². The quantitative estimate of drug-likeness (QED) is 0.180. The van der Waals surface area contributed by atoms with Crippen molar-refractivity contribution in [1.82, 2.24) is 20.6 Å². The minimum absolute atomic E-state index is 0.0346. The number of benzene rings is 2. The molecule has 13 heteroatoms. The number of amides is 2. The highest BCUT2D eigenvalue weighted by Crippen LogP contribution is 2.14. The number of aliphatic hydroxyl groups excluding tert-OH is 1. The second-order valence-electron chi connectivity index (χ2n) is 8.90. The second-order valence-corrected chi connectivity index (χ2v) is 8.90. The lowest BCUT2D eigenvalue weighted by molar-refractivity contribution is -0.147. The van der Waals surface area contributed by atoms with Gasteiger partial charge < -0.3 is 36.7 Å². The molecule has 3 aromatic rings. The molecule has 2 amide bonds. The lowest BCUT2D eigenvalue weighted by Crippen LogP contribution is -2.45. The third-order valence-corrected chi connectivity index (χ3v) is 5.81. The Labute approximate surface area is 236 Å². The van der Waals surface area contributed by atoms with Gasteiger partial charge in [-0.15, -0.1) is 0 Å². The Morgan fingerprint density at radius 1 is 0.756 bits per heavy atom. The zero-order valence-corrected chi connectivity index (χ0v) is 22.4. The molecule has 2 aromatic carbocycles. The van der Waals surface area contributed by atoms with Crippen LogP contribution >= 0.6 is 0 Å². The Morgan fingerprint density at radius 3 is 1.66 bits per heavy atom. The summed E-state index contributed by atoms with van der Waals surface area (Å²) in [5.74, 6) is -4.28. The van der Waals surface area contributed by atoms with Gasteiger partial charge in [-0.2, -0.15) is 0 Å². The van der Waals surface area contributed by atoms with Gasteiger partial charge in [0.15, 0.2) is 29.1 Å². The lowest BCUT2D eigenvalue weighted by Gasteiger charge is -2.17. The number of carbonyl (C=O) groups is 4. The summed E-state index contributed by atoms with van der Waals surface area (Å²) in [5.41, 5.74) is 12.7. The maximum atomic E-state index is 12.7. The van der Waals surface area contributed by atoms with Gasteiger partial charge in [-0.3, -0.25) is 9.59 Å². The van der Waals surface area contributed by atoms with E-state index in [4.69, 9.17) is 20.9 Å². The minimum atomic E-state index is -1.41. The first-order valence-corrected chi connectivity index (χ1v) is 12.8. The Kier molecular flexibility index (Phi) is 11.1. The van der Waals surface area contributed by atoms with E-state index in [1.54, 1.807) is 0 Å². The van der Waals surface area contributed by atoms with Crippen LogP contribution in [0, 0.1) is 0 Å². The van der Waals surface area contributed by atoms with Crippen molar-refractivity contribution in [3.05, 3.63) is 83.2 Å². The highest BCUT2D eigenvalue weighted by Gasteiger charge is 2.27. The number of nitrogens with one attached hydrogen (secondary N) is 2. The van der Waals surface area contributed by atoms with E-state index in [1.165, 1.54) is 6.92 Å². The number of ether oxygens (including phenoxy) is 2. The largest absolute Gasteiger partial charge is 0.464 e. The van der Waals surface area contributed by atoms with E-state index in [2.05, 4.69) is 20.6 Å². The summed E-state index contributed by atoms with van der Waals surface area (Å²) >= 11 is 0. The molecule has 7 N–H and O–H groups in total. The first-order valence-electron chi connectivity index (χ1n) is 12.8. The van der Waals surface area contributed by atoms with Crippen LogP contribution in [0.1, 0.15) is 39.0 Å². The predicted molar refractivity (Wildman–Crippen MR) is 148 cm³/mol. The average molecular weight is 565 g/mol. The van der Waals surface area contributed by atoms with Gasteiger partial charge in [0.2, 0.25) is 0 Å². The van der Waals surface area contributed by atoms with Crippen molar-refractivity contribution in [3.63, 3.8) is 0 Å². The second kappa shape index (κ2) is 14.9. The zero-order valence-electron chi connectivity index (χ0n) is 22.4. The monoisotopic (exact) mass is 564 g/mol. The summed E-state index contributed by atoms with van der Waals surface area (Å²) in [6.45, 7) is 0.828. The van der Waals surface area contributed by atoms with Crippen LogP contribution in [-0.4, -0.2) is 70.7 Å². The molecule has 13 nitrogen and oxygen atoms in total. The van der Waals surface area contributed by atoms with Gasteiger partial charge in [-0.05, 0) is 18.1 Å². The molecule has 2 atom stereocenters. The molecule has 2 unspecified atom stereocenters. The summed E-state index contributed by atoms with van der Waals surface area (Å²) in [4.78, 5) is 57.7. The number of hydrogen-bond acceptors (Lipinski definition) is 11. The molecule has 0 fully saturated rings. The van der Waals surface area contributed by atoms with Crippen LogP contribution in [0.5, 0.6) is 0 Å². The smallest absolute Gasteiger partial charge is 0.331 e. The van der Waals surface area contributed by atoms with Crippen LogP contribution in [0.15, 0.2) is 60.7 Å². The van der Waals surface area contributed by atoms with Gasteiger partial charge in [-0.1, -0.05) is 60.7 Å². The van der Waals surface area contributed by atoms with Crippen molar-refractivity contribution >= 4 is 35.4 Å². The number of esters is 2. The Bertz CT molecular complexity index is 1350. The van der Waals surface area contributed by atoms with Crippen molar-refractivity contribution in [2.24, 2.45) is 0 Å². The van der Waals surface area contributed by atoms with Crippen LogP contribution < -0.4 is 22.1 Å². The number of nitrogen functional groups attached to an aromatic ring is 2. The molecular weight excluding hydrogens is 532 g/mol. The number of nitrogens with zero attached hydrogens (tertiary/aromatic N) is 2. The molecule has 41 heavy (non-hydrogen) atoms. The van der Waals surface area contributed by atoms with Crippen molar-refractivity contribution < 1.29 is 33.8 Å². The third kappa shape index (κ3) is 9.00. The van der Waals surface area contributed by atoms with E-state index in [0.29, 0.717) is 12.8 Å². The SMILES string of the molecule is CC(NC(=O)c1nc(N)c(C(=O)NC(CO)C(=O)OCCc2ccccc2)nc1N)C(=O)OCCc1ccccc1. The molecule has 0 aliphatic carbocycles. The van der Waals surface area contributed by atoms with Gasteiger partial charge in [0.25, 0.3) is 11.8 Å². The molecular formula is C28H32N6O7. The number of rotatable bonds is 13. The fourth-order valence-corrected chi connectivity index (χ4v) is 3.58. The molecule has 0 saturated heterocycles. The van der Waals surface area contributed by atoms with E-state index in [1.807, 2.05) is 60.7 Å². The molecule has 0 saturated carbocycles. The van der Waals surface area contributed by atoms with E-state index in [-0.39, 0.29) is 13.2 Å². The average Bonchev–Trinajstić information content (AvgIpc) is 2.97. The Balaban J connectivity index is 1.54. The number of anilines is 2. The zero-order chi connectivity index (χ0) is 29.8. The summed E-state index contributed by atoms with van der Waals surface area (Å²) in [6, 6.07) is 16.3. The van der Waals surface area contributed by atoms with E-state index >= 15 is 0 Å². The molecule has 0 radical (unpaired) electrons. The van der Waals surface area contributed by atoms with Crippen LogP contribution in [0.3, 0.4) is 0 Å². The molecule has 216 valence electrons. The normalized spacial score (nSPS) is 12.0. The fraction of sp³-hybridized carbons (Fsp3) is 0.286. The topological polar surface area (TPSA) is 209 Å². The van der Waals surface area contributed by atoms with Gasteiger partial charge in [0, 0.05) is 12.8 Å². The fourth-order valence-electron chi connectivity index (χ4n) is 3.58. The highest BCUT2D eigenvalue weighted by atomic mass is 16.5. The van der Waals surface area contributed by atoms with Crippen LogP contribution in [0.4, 0.5) is 11.6 Å². The summed E-state index contributed by atoms with van der Waals surface area (Å²) in [5, 5.41) is 14.3. The Hall–Kier alpha value is -5.04. The molecule has 1 heterocycles. The maximum absolute atomic E-state index is 12.7. The number of aromatic nitrogens is 2. The maximum Gasteiger partial charge on any atom is 0.331 e. The molecule has 0 aliphatic heterocycles. The lowest BCUT2D eigenvalue weighted by atomic mass is 10.2. The minimum Gasteiger partial charge on any atom is -0.464 e. The molecule has 3 rings (SSSR count).